The fourth-order valence-corrected chi connectivity index (χ4v) is 2.01. The first-order valence-electron chi connectivity index (χ1n) is 5.86. The van der Waals surface area contributed by atoms with Crippen molar-refractivity contribution < 1.29 is 13.5 Å². The summed E-state index contributed by atoms with van der Waals surface area (Å²) in [5, 5.41) is 0. The third kappa shape index (κ3) is 2.66. The Hall–Kier alpha value is -1.50. The average Bonchev–Trinajstić information content (AvgIpc) is 2.31. The number of nitrogens with zero attached hydrogens (tertiary/aromatic N) is 3. The number of rotatable bonds is 3. The maximum absolute atomic E-state index is 13.8. The molecule has 0 spiro atoms. The molecule has 0 amide bonds. The Balaban J connectivity index is 2.11. The Morgan fingerprint density at radius 2 is 2.39 bits per heavy atom. The van der Waals surface area contributed by atoms with Crippen LogP contribution in [0, 0.1) is 0 Å². The van der Waals surface area contributed by atoms with Crippen molar-refractivity contribution in [2.75, 3.05) is 30.3 Å². The van der Waals surface area contributed by atoms with E-state index in [4.69, 9.17) is 10.5 Å². The van der Waals surface area contributed by atoms with E-state index < -0.39 is 18.6 Å². The van der Waals surface area contributed by atoms with Gasteiger partial charge in [0.15, 0.2) is 0 Å². The van der Waals surface area contributed by atoms with Gasteiger partial charge < -0.3 is 15.4 Å². The minimum absolute atomic E-state index is 0.240. The minimum Gasteiger partial charge on any atom is -0.384 e. The van der Waals surface area contributed by atoms with Crippen LogP contribution >= 0.6 is 0 Å². The quantitative estimate of drug-likeness (QED) is 0.885. The molecule has 0 aliphatic carbocycles. The Labute approximate surface area is 104 Å². The van der Waals surface area contributed by atoms with Gasteiger partial charge >= 0.3 is 0 Å². The van der Waals surface area contributed by atoms with E-state index >= 15 is 0 Å². The Morgan fingerprint density at radius 3 is 3.00 bits per heavy atom. The Bertz CT molecular complexity index is 416. The first-order chi connectivity index (χ1) is 8.53. The molecule has 1 fully saturated rings. The normalized spacial score (nSPS) is 23.1. The van der Waals surface area contributed by atoms with Crippen molar-refractivity contribution in [3.63, 3.8) is 0 Å². The van der Waals surface area contributed by atoms with Crippen molar-refractivity contribution in [3.8, 4) is 0 Å². The van der Waals surface area contributed by atoms with Gasteiger partial charge in [0.1, 0.15) is 11.9 Å². The highest BCUT2D eigenvalue weighted by molar-refractivity contribution is 5.38. The highest BCUT2D eigenvalue weighted by Crippen LogP contribution is 2.31. The molecule has 1 aromatic heterocycles. The smallest absolute Gasteiger partial charge is 0.290 e. The molecule has 1 saturated heterocycles. The molecule has 0 radical (unpaired) electrons. The number of hydrogen-bond donors (Lipinski definition) is 1. The Kier molecular flexibility index (Phi) is 3.60. The topological polar surface area (TPSA) is 64.3 Å². The fourth-order valence-electron chi connectivity index (χ4n) is 2.01. The summed E-state index contributed by atoms with van der Waals surface area (Å²) in [5.41, 5.74) is 5.52. The van der Waals surface area contributed by atoms with Gasteiger partial charge in [0.2, 0.25) is 5.95 Å². The van der Waals surface area contributed by atoms with E-state index in [0.29, 0.717) is 6.54 Å². The van der Waals surface area contributed by atoms with Crippen molar-refractivity contribution in [1.29, 1.82) is 0 Å². The second-order valence-electron chi connectivity index (χ2n) is 4.20. The third-order valence-electron chi connectivity index (χ3n) is 2.85. The molecular weight excluding hydrogens is 242 g/mol. The summed E-state index contributed by atoms with van der Waals surface area (Å²) in [7, 11) is 0. The first-order valence-corrected chi connectivity index (χ1v) is 5.86. The van der Waals surface area contributed by atoms with Crippen LogP contribution in [0.2, 0.25) is 0 Å². The molecule has 1 aromatic rings. The SMILES string of the molecule is CCOC1CCN(c2nccc(N)n2)CC1(F)F. The molecule has 1 atom stereocenters. The number of anilines is 2. The molecule has 18 heavy (non-hydrogen) atoms. The van der Waals surface area contributed by atoms with Gasteiger partial charge in [0, 0.05) is 19.3 Å². The standard InChI is InChI=1S/C11H16F2N4O/c1-2-18-8-4-6-17(7-11(8,12)13)10-15-5-3-9(14)16-10/h3,5,8H,2,4,6-7H2,1H3,(H2,14,15,16). The van der Waals surface area contributed by atoms with Gasteiger partial charge in [-0.1, -0.05) is 0 Å². The van der Waals surface area contributed by atoms with Crippen LogP contribution in [0.15, 0.2) is 12.3 Å². The Morgan fingerprint density at radius 1 is 1.61 bits per heavy atom. The molecule has 5 nitrogen and oxygen atoms in total. The van der Waals surface area contributed by atoms with Gasteiger partial charge in [-0.3, -0.25) is 0 Å². The lowest BCUT2D eigenvalue weighted by molar-refractivity contribution is -0.140. The zero-order valence-corrected chi connectivity index (χ0v) is 10.1. The van der Waals surface area contributed by atoms with Crippen molar-refractivity contribution in [1.82, 2.24) is 9.97 Å². The van der Waals surface area contributed by atoms with E-state index in [1.807, 2.05) is 0 Å². The molecule has 100 valence electrons. The van der Waals surface area contributed by atoms with Crippen molar-refractivity contribution in [3.05, 3.63) is 12.3 Å². The van der Waals surface area contributed by atoms with E-state index in [0.717, 1.165) is 0 Å². The van der Waals surface area contributed by atoms with E-state index in [2.05, 4.69) is 9.97 Å². The molecule has 2 rings (SSSR count). The zero-order valence-electron chi connectivity index (χ0n) is 10.1. The second kappa shape index (κ2) is 5.01. The highest BCUT2D eigenvalue weighted by Gasteiger charge is 2.45. The first kappa shape index (κ1) is 12.9. The fraction of sp³-hybridized carbons (Fsp3) is 0.636. The van der Waals surface area contributed by atoms with Gasteiger partial charge in [-0.25, -0.2) is 13.8 Å². The van der Waals surface area contributed by atoms with Crippen LogP contribution in [0.3, 0.4) is 0 Å². The van der Waals surface area contributed by atoms with Crippen molar-refractivity contribution in [2.24, 2.45) is 0 Å². The summed E-state index contributed by atoms with van der Waals surface area (Å²) in [6.07, 6.45) is 0.684. The van der Waals surface area contributed by atoms with E-state index in [-0.39, 0.29) is 24.8 Å². The van der Waals surface area contributed by atoms with Gasteiger partial charge in [-0.2, -0.15) is 4.98 Å². The molecule has 0 bridgehead atoms. The summed E-state index contributed by atoms with van der Waals surface area (Å²) in [4.78, 5) is 9.35. The maximum Gasteiger partial charge on any atom is 0.290 e. The third-order valence-corrected chi connectivity index (χ3v) is 2.85. The van der Waals surface area contributed by atoms with Crippen molar-refractivity contribution in [2.45, 2.75) is 25.4 Å². The number of ether oxygens (including phenoxy) is 1. The lowest BCUT2D eigenvalue weighted by Gasteiger charge is -2.37. The number of nitrogen functional groups attached to an aromatic ring is 1. The number of alkyl halides is 2. The number of aromatic nitrogens is 2. The van der Waals surface area contributed by atoms with Gasteiger partial charge in [-0.15, -0.1) is 0 Å². The molecule has 7 heteroatoms. The summed E-state index contributed by atoms with van der Waals surface area (Å²) >= 11 is 0. The van der Waals surface area contributed by atoms with Crippen molar-refractivity contribution >= 4 is 11.8 Å². The highest BCUT2D eigenvalue weighted by atomic mass is 19.3. The van der Waals surface area contributed by atoms with E-state index in [1.165, 1.54) is 17.2 Å². The summed E-state index contributed by atoms with van der Waals surface area (Å²) < 4.78 is 32.7. The van der Waals surface area contributed by atoms with Crippen LogP contribution in [0.25, 0.3) is 0 Å². The van der Waals surface area contributed by atoms with Gasteiger partial charge in [0.25, 0.3) is 5.92 Å². The number of hydrogen-bond acceptors (Lipinski definition) is 5. The van der Waals surface area contributed by atoms with Crippen LogP contribution in [0.4, 0.5) is 20.5 Å². The molecule has 2 heterocycles. The maximum atomic E-state index is 13.8. The van der Waals surface area contributed by atoms with Crippen LogP contribution in [-0.4, -0.2) is 41.7 Å². The molecule has 1 unspecified atom stereocenters. The molecule has 2 N–H and O–H groups in total. The molecular formula is C11H16F2N4O. The molecule has 1 aliphatic rings. The zero-order chi connectivity index (χ0) is 13.2. The second-order valence-corrected chi connectivity index (χ2v) is 4.20. The lowest BCUT2D eigenvalue weighted by Crippen LogP contribution is -2.53. The molecule has 0 aromatic carbocycles. The van der Waals surface area contributed by atoms with Crippen LogP contribution in [0.1, 0.15) is 13.3 Å². The molecule has 1 aliphatic heterocycles. The monoisotopic (exact) mass is 258 g/mol. The predicted octanol–water partition coefficient (Wildman–Crippen LogP) is 1.31. The summed E-state index contributed by atoms with van der Waals surface area (Å²) in [6.45, 7) is 1.99. The predicted molar refractivity (Wildman–Crippen MR) is 63.6 cm³/mol. The lowest BCUT2D eigenvalue weighted by atomic mass is 10.0. The largest absolute Gasteiger partial charge is 0.384 e. The van der Waals surface area contributed by atoms with E-state index in [1.54, 1.807) is 6.92 Å². The average molecular weight is 258 g/mol. The van der Waals surface area contributed by atoms with Gasteiger partial charge in [-0.05, 0) is 19.4 Å². The summed E-state index contributed by atoms with van der Waals surface area (Å²) in [5.74, 6) is -2.39. The number of piperidine rings is 1. The minimum atomic E-state index is -2.90. The van der Waals surface area contributed by atoms with Crippen LogP contribution in [-0.2, 0) is 4.74 Å². The number of halogens is 2. The van der Waals surface area contributed by atoms with E-state index in [9.17, 15) is 8.78 Å². The molecule has 0 saturated carbocycles. The van der Waals surface area contributed by atoms with Crippen LogP contribution in [0.5, 0.6) is 0 Å². The number of nitrogens with two attached hydrogens (primary N) is 1. The van der Waals surface area contributed by atoms with Crippen LogP contribution < -0.4 is 10.6 Å². The van der Waals surface area contributed by atoms with Gasteiger partial charge in [0.05, 0.1) is 6.54 Å². The summed E-state index contributed by atoms with van der Waals surface area (Å²) in [6, 6.07) is 1.52.